The van der Waals surface area contributed by atoms with Crippen LogP contribution in [0.15, 0.2) is 24.3 Å². The molecule has 102 valence electrons. The van der Waals surface area contributed by atoms with Crippen LogP contribution in [-0.4, -0.2) is 33.7 Å². The van der Waals surface area contributed by atoms with Gasteiger partial charge in [0, 0.05) is 6.54 Å². The highest BCUT2D eigenvalue weighted by molar-refractivity contribution is 7.80. The van der Waals surface area contributed by atoms with Crippen LogP contribution in [0.3, 0.4) is 0 Å². The van der Waals surface area contributed by atoms with Crippen molar-refractivity contribution in [2.24, 2.45) is 5.73 Å². The van der Waals surface area contributed by atoms with E-state index in [4.69, 9.17) is 27.8 Å². The van der Waals surface area contributed by atoms with Gasteiger partial charge in [-0.25, -0.2) is 9.59 Å². The minimum atomic E-state index is -1.18. The third kappa shape index (κ3) is 3.92. The molecule has 0 atom stereocenters. The van der Waals surface area contributed by atoms with Crippen molar-refractivity contribution in [2.45, 2.75) is 13.3 Å². The number of rotatable bonds is 4. The number of carbonyl (C=O) groups is 2. The number of thiocarbonyl (C=S) groups is 1. The third-order valence-corrected chi connectivity index (χ3v) is 2.47. The highest BCUT2D eigenvalue weighted by atomic mass is 32.1. The van der Waals surface area contributed by atoms with Crippen LogP contribution in [0.2, 0.25) is 0 Å². The fourth-order valence-electron chi connectivity index (χ4n) is 1.40. The number of amides is 1. The van der Waals surface area contributed by atoms with Gasteiger partial charge in [0.25, 0.3) is 0 Å². The molecular weight excluding hydrogens is 268 g/mol. The van der Waals surface area contributed by atoms with E-state index in [0.717, 1.165) is 4.90 Å². The normalized spacial score (nSPS) is 9.74. The Bertz CT molecular complexity index is 504. The molecule has 6 nitrogen and oxygen atoms in total. The molecule has 1 aromatic carbocycles. The van der Waals surface area contributed by atoms with Gasteiger partial charge in [0.2, 0.25) is 0 Å². The van der Waals surface area contributed by atoms with Crippen molar-refractivity contribution in [3.05, 3.63) is 29.8 Å². The number of carboxylic acids is 1. The lowest BCUT2D eigenvalue weighted by Gasteiger charge is -2.19. The highest BCUT2D eigenvalue weighted by Gasteiger charge is 2.20. The molecule has 0 aromatic heterocycles. The van der Waals surface area contributed by atoms with Crippen molar-refractivity contribution in [3.8, 4) is 5.75 Å². The van der Waals surface area contributed by atoms with E-state index in [9.17, 15) is 9.59 Å². The Kier molecular flexibility index (Phi) is 5.25. The quantitative estimate of drug-likeness (QED) is 0.818. The maximum Gasteiger partial charge on any atom is 0.421 e. The highest BCUT2D eigenvalue weighted by Crippen LogP contribution is 2.18. The molecule has 1 aromatic rings. The van der Waals surface area contributed by atoms with Gasteiger partial charge in [-0.05, 0) is 30.8 Å². The van der Waals surface area contributed by atoms with Crippen LogP contribution in [0.4, 0.5) is 4.79 Å². The van der Waals surface area contributed by atoms with Crippen molar-refractivity contribution in [1.82, 2.24) is 4.90 Å². The molecule has 0 aliphatic heterocycles. The number of benzene rings is 1. The summed E-state index contributed by atoms with van der Waals surface area (Å²) < 4.78 is 5.02. The van der Waals surface area contributed by atoms with Gasteiger partial charge >= 0.3 is 12.1 Å². The lowest BCUT2D eigenvalue weighted by Crippen LogP contribution is -2.42. The van der Waals surface area contributed by atoms with Gasteiger partial charge in [0.05, 0.1) is 0 Å². The van der Waals surface area contributed by atoms with Crippen LogP contribution in [0.1, 0.15) is 23.7 Å². The van der Waals surface area contributed by atoms with Gasteiger partial charge in [-0.1, -0.05) is 19.1 Å². The number of nitrogens with two attached hydrogens (primary N) is 1. The van der Waals surface area contributed by atoms with Gasteiger partial charge < -0.3 is 15.6 Å². The summed E-state index contributed by atoms with van der Waals surface area (Å²) in [5, 5.41) is 8.86. The first-order valence-corrected chi connectivity index (χ1v) is 5.99. The fraction of sp³-hybridized carbons (Fsp3) is 0.250. The second-order valence-electron chi connectivity index (χ2n) is 3.66. The molecule has 0 bridgehead atoms. The summed E-state index contributed by atoms with van der Waals surface area (Å²) in [7, 11) is 0. The Morgan fingerprint density at radius 3 is 2.58 bits per heavy atom. The lowest BCUT2D eigenvalue weighted by atomic mass is 10.2. The van der Waals surface area contributed by atoms with E-state index < -0.39 is 12.1 Å². The Labute approximate surface area is 115 Å². The molecule has 0 unspecified atom stereocenters. The van der Waals surface area contributed by atoms with Crippen LogP contribution in [0.25, 0.3) is 0 Å². The molecule has 0 heterocycles. The molecule has 0 fully saturated rings. The van der Waals surface area contributed by atoms with E-state index in [1.165, 1.54) is 18.2 Å². The third-order valence-electron chi connectivity index (χ3n) is 2.25. The van der Waals surface area contributed by atoms with Crippen molar-refractivity contribution in [1.29, 1.82) is 0 Å². The van der Waals surface area contributed by atoms with Gasteiger partial charge in [-0.2, -0.15) is 0 Å². The van der Waals surface area contributed by atoms with Gasteiger partial charge in [0.15, 0.2) is 5.11 Å². The molecule has 3 N–H and O–H groups in total. The van der Waals surface area contributed by atoms with Crippen LogP contribution in [0.5, 0.6) is 5.75 Å². The molecule has 7 heteroatoms. The first-order chi connectivity index (χ1) is 8.97. The topological polar surface area (TPSA) is 92.9 Å². The average molecular weight is 282 g/mol. The number of carbonyl (C=O) groups excluding carboxylic acids is 1. The minimum Gasteiger partial charge on any atom is -0.478 e. The van der Waals surface area contributed by atoms with E-state index in [-0.39, 0.29) is 16.4 Å². The molecule has 0 saturated carbocycles. The molecule has 0 saturated heterocycles. The molecule has 0 aliphatic rings. The number of hydrogen-bond acceptors (Lipinski definition) is 4. The van der Waals surface area contributed by atoms with E-state index in [0.29, 0.717) is 13.0 Å². The van der Waals surface area contributed by atoms with Crippen LogP contribution in [-0.2, 0) is 0 Å². The summed E-state index contributed by atoms with van der Waals surface area (Å²) in [4.78, 5) is 23.9. The summed E-state index contributed by atoms with van der Waals surface area (Å²) in [6, 6.07) is 5.85. The SMILES string of the molecule is CCCN(C(=O)Oc1ccccc1C(=O)O)C(N)=S. The van der Waals surface area contributed by atoms with Crippen LogP contribution >= 0.6 is 12.2 Å². The number of nitrogens with zero attached hydrogens (tertiary/aromatic N) is 1. The van der Waals surface area contributed by atoms with E-state index in [1.54, 1.807) is 6.07 Å². The lowest BCUT2D eigenvalue weighted by molar-refractivity contribution is 0.0693. The summed E-state index contributed by atoms with van der Waals surface area (Å²) in [6.45, 7) is 2.16. The fourth-order valence-corrected chi connectivity index (χ4v) is 1.56. The minimum absolute atomic E-state index is 0.0441. The maximum absolute atomic E-state index is 11.9. The van der Waals surface area contributed by atoms with Crippen molar-refractivity contribution in [3.63, 3.8) is 0 Å². The molecular formula is C12H14N2O4S. The smallest absolute Gasteiger partial charge is 0.421 e. The summed E-state index contributed by atoms with van der Waals surface area (Å²) in [5.74, 6) is -1.22. The largest absolute Gasteiger partial charge is 0.478 e. The van der Waals surface area contributed by atoms with E-state index in [2.05, 4.69) is 0 Å². The molecule has 1 amide bonds. The van der Waals surface area contributed by atoms with Gasteiger partial charge in [-0.3, -0.25) is 4.90 Å². The number of para-hydroxylation sites is 1. The summed E-state index contributed by atoms with van der Waals surface area (Å²) in [6.07, 6.45) is -0.143. The van der Waals surface area contributed by atoms with Crippen molar-refractivity contribution >= 4 is 29.4 Å². The number of hydrogen-bond donors (Lipinski definition) is 2. The monoisotopic (exact) mass is 282 g/mol. The standard InChI is InChI=1S/C12H14N2O4S/c1-2-7-14(11(13)19)12(17)18-9-6-4-3-5-8(9)10(15)16/h3-6H,2,7H2,1H3,(H2,13,19)(H,15,16). The second-order valence-corrected chi connectivity index (χ2v) is 4.08. The van der Waals surface area contributed by atoms with E-state index in [1.807, 2.05) is 6.92 Å². The molecule has 19 heavy (non-hydrogen) atoms. The number of ether oxygens (including phenoxy) is 1. The number of aromatic carboxylic acids is 1. The second kappa shape index (κ2) is 6.69. The predicted molar refractivity (Wildman–Crippen MR) is 73.2 cm³/mol. The van der Waals surface area contributed by atoms with Crippen molar-refractivity contribution in [2.75, 3.05) is 6.54 Å². The first-order valence-electron chi connectivity index (χ1n) is 5.58. The Morgan fingerprint density at radius 2 is 2.05 bits per heavy atom. The maximum atomic E-state index is 11.9. The van der Waals surface area contributed by atoms with Gasteiger partial charge in [-0.15, -0.1) is 0 Å². The zero-order chi connectivity index (χ0) is 14.4. The van der Waals surface area contributed by atoms with E-state index >= 15 is 0 Å². The summed E-state index contributed by atoms with van der Waals surface area (Å²) in [5.41, 5.74) is 5.31. The van der Waals surface area contributed by atoms with Crippen molar-refractivity contribution < 1.29 is 19.4 Å². The predicted octanol–water partition coefficient (Wildman–Crippen LogP) is 1.84. The Balaban J connectivity index is 2.92. The number of carboxylic acid groups (broad SMARTS) is 1. The Morgan fingerprint density at radius 1 is 1.42 bits per heavy atom. The van der Waals surface area contributed by atoms with Gasteiger partial charge in [0.1, 0.15) is 11.3 Å². The molecule has 1 rings (SSSR count). The molecule has 0 aliphatic carbocycles. The average Bonchev–Trinajstić information content (AvgIpc) is 2.35. The molecule has 0 spiro atoms. The first kappa shape index (κ1) is 14.9. The zero-order valence-electron chi connectivity index (χ0n) is 10.3. The molecule has 0 radical (unpaired) electrons. The summed E-state index contributed by atoms with van der Waals surface area (Å²) >= 11 is 4.75. The van der Waals surface area contributed by atoms with Crippen LogP contribution in [0, 0.1) is 0 Å². The van der Waals surface area contributed by atoms with Crippen LogP contribution < -0.4 is 10.5 Å². The zero-order valence-corrected chi connectivity index (χ0v) is 11.1. The Hall–Kier alpha value is -2.15.